The Kier molecular flexibility index (Phi) is 2.97. The minimum atomic E-state index is -0.00296. The number of hydrogen-bond acceptors (Lipinski definition) is 2. The van der Waals surface area contributed by atoms with Gasteiger partial charge in [0.25, 0.3) is 0 Å². The lowest BCUT2D eigenvalue weighted by molar-refractivity contribution is 0.442. The number of para-hydroxylation sites is 1. The Hall–Kier alpha value is -1.35. The molecule has 0 fully saturated rings. The van der Waals surface area contributed by atoms with Crippen molar-refractivity contribution >= 4 is 11.0 Å². The second kappa shape index (κ2) is 4.26. The Morgan fingerprint density at radius 2 is 2.19 bits per heavy atom. The normalized spacial score (nSPS) is 15.2. The number of aromatic nitrogens is 2. The lowest BCUT2D eigenvalue weighted by Gasteiger charge is -2.15. The largest absolute Gasteiger partial charge is 0.341 e. The monoisotopic (exact) mass is 217 g/mol. The first-order chi connectivity index (χ1) is 7.63. The zero-order valence-electron chi connectivity index (χ0n) is 10.1. The predicted octanol–water partition coefficient (Wildman–Crippen LogP) is 2.92. The molecular formula is C13H19N3. The van der Waals surface area contributed by atoms with E-state index < -0.39 is 0 Å². The summed E-state index contributed by atoms with van der Waals surface area (Å²) in [5.74, 6) is 1.35. The number of rotatable bonds is 3. The maximum absolute atomic E-state index is 6.17. The number of nitrogens with zero attached hydrogens (tertiary/aromatic N) is 1. The summed E-state index contributed by atoms with van der Waals surface area (Å²) in [7, 11) is 0. The maximum atomic E-state index is 6.17. The van der Waals surface area contributed by atoms with Crippen molar-refractivity contribution in [3.05, 3.63) is 29.6 Å². The van der Waals surface area contributed by atoms with E-state index >= 15 is 0 Å². The Morgan fingerprint density at radius 1 is 1.44 bits per heavy atom. The van der Waals surface area contributed by atoms with Gasteiger partial charge >= 0.3 is 0 Å². The molecule has 0 amide bonds. The highest BCUT2D eigenvalue weighted by molar-refractivity contribution is 5.78. The number of nitrogens with two attached hydrogens (primary N) is 1. The molecule has 0 aliphatic rings. The SMILES string of the molecule is CC[C@@H](C)[C@@H](N)c1nc2c(C)cccc2[nH]1. The van der Waals surface area contributed by atoms with E-state index in [1.165, 1.54) is 5.56 Å². The van der Waals surface area contributed by atoms with Gasteiger partial charge in [0.15, 0.2) is 0 Å². The number of hydrogen-bond donors (Lipinski definition) is 2. The van der Waals surface area contributed by atoms with E-state index in [1.54, 1.807) is 0 Å². The van der Waals surface area contributed by atoms with Gasteiger partial charge < -0.3 is 10.7 Å². The molecule has 0 saturated heterocycles. The Morgan fingerprint density at radius 3 is 2.81 bits per heavy atom. The van der Waals surface area contributed by atoms with Gasteiger partial charge in [-0.1, -0.05) is 32.4 Å². The Bertz CT molecular complexity index is 487. The predicted molar refractivity (Wildman–Crippen MR) is 67.2 cm³/mol. The third-order valence-corrected chi connectivity index (χ3v) is 3.31. The number of imidazole rings is 1. The number of nitrogens with one attached hydrogen (secondary N) is 1. The Balaban J connectivity index is 2.43. The highest BCUT2D eigenvalue weighted by Crippen LogP contribution is 2.23. The summed E-state index contributed by atoms with van der Waals surface area (Å²) >= 11 is 0. The minimum absolute atomic E-state index is 0.00296. The maximum Gasteiger partial charge on any atom is 0.124 e. The van der Waals surface area contributed by atoms with E-state index in [0.29, 0.717) is 5.92 Å². The highest BCUT2D eigenvalue weighted by atomic mass is 15.0. The summed E-state index contributed by atoms with van der Waals surface area (Å²) in [6.45, 7) is 6.38. The zero-order chi connectivity index (χ0) is 11.7. The fourth-order valence-electron chi connectivity index (χ4n) is 1.88. The second-order valence-electron chi connectivity index (χ2n) is 4.50. The highest BCUT2D eigenvalue weighted by Gasteiger charge is 2.17. The molecule has 0 unspecified atom stereocenters. The average Bonchev–Trinajstić information content (AvgIpc) is 2.72. The average molecular weight is 217 g/mol. The third kappa shape index (κ3) is 1.83. The van der Waals surface area contributed by atoms with Crippen LogP contribution in [-0.2, 0) is 0 Å². The van der Waals surface area contributed by atoms with Gasteiger partial charge in [-0.3, -0.25) is 0 Å². The van der Waals surface area contributed by atoms with Crippen LogP contribution in [0, 0.1) is 12.8 Å². The van der Waals surface area contributed by atoms with Crippen LogP contribution in [0.25, 0.3) is 11.0 Å². The molecular weight excluding hydrogens is 198 g/mol. The molecule has 3 heteroatoms. The first-order valence-electron chi connectivity index (χ1n) is 5.84. The van der Waals surface area contributed by atoms with Gasteiger partial charge in [0.2, 0.25) is 0 Å². The standard InChI is InChI=1S/C13H19N3/c1-4-8(2)11(14)13-15-10-7-5-6-9(3)12(10)16-13/h5-8,11H,4,14H2,1-3H3,(H,15,16)/t8-,11-/m1/s1. The van der Waals surface area contributed by atoms with Gasteiger partial charge in [-0.05, 0) is 24.5 Å². The van der Waals surface area contributed by atoms with Crippen LogP contribution in [0.3, 0.4) is 0 Å². The van der Waals surface area contributed by atoms with E-state index in [9.17, 15) is 0 Å². The summed E-state index contributed by atoms with van der Waals surface area (Å²) < 4.78 is 0. The van der Waals surface area contributed by atoms with Crippen molar-refractivity contribution in [2.75, 3.05) is 0 Å². The molecule has 0 spiro atoms. The van der Waals surface area contributed by atoms with Gasteiger partial charge in [0.05, 0.1) is 17.1 Å². The fraction of sp³-hybridized carbons (Fsp3) is 0.462. The number of aromatic amines is 1. The molecule has 16 heavy (non-hydrogen) atoms. The van der Waals surface area contributed by atoms with Crippen LogP contribution in [0.4, 0.5) is 0 Å². The molecule has 2 rings (SSSR count). The first-order valence-corrected chi connectivity index (χ1v) is 5.84. The molecule has 0 saturated carbocycles. The topological polar surface area (TPSA) is 54.7 Å². The summed E-state index contributed by atoms with van der Waals surface area (Å²) in [4.78, 5) is 7.92. The molecule has 0 aliphatic heterocycles. The molecule has 2 aromatic rings. The van der Waals surface area contributed by atoms with Crippen LogP contribution in [0.5, 0.6) is 0 Å². The lowest BCUT2D eigenvalue weighted by atomic mass is 10.00. The van der Waals surface area contributed by atoms with Crippen LogP contribution in [0.15, 0.2) is 18.2 Å². The summed E-state index contributed by atoms with van der Waals surface area (Å²) in [5, 5.41) is 0. The zero-order valence-corrected chi connectivity index (χ0v) is 10.1. The van der Waals surface area contributed by atoms with E-state index in [-0.39, 0.29) is 6.04 Å². The van der Waals surface area contributed by atoms with Crippen molar-refractivity contribution in [3.63, 3.8) is 0 Å². The number of H-pyrrole nitrogens is 1. The summed E-state index contributed by atoms with van der Waals surface area (Å²) in [6, 6.07) is 6.15. The lowest BCUT2D eigenvalue weighted by Crippen LogP contribution is -2.19. The molecule has 1 aromatic heterocycles. The molecule has 3 nitrogen and oxygen atoms in total. The van der Waals surface area contributed by atoms with Gasteiger partial charge in [-0.2, -0.15) is 0 Å². The van der Waals surface area contributed by atoms with Crippen LogP contribution < -0.4 is 5.73 Å². The van der Waals surface area contributed by atoms with E-state index in [2.05, 4.69) is 36.8 Å². The molecule has 3 N–H and O–H groups in total. The Labute approximate surface area is 96.1 Å². The van der Waals surface area contributed by atoms with Gasteiger partial charge in [0, 0.05) is 0 Å². The van der Waals surface area contributed by atoms with Crippen molar-refractivity contribution in [3.8, 4) is 0 Å². The van der Waals surface area contributed by atoms with E-state index in [4.69, 9.17) is 5.73 Å². The third-order valence-electron chi connectivity index (χ3n) is 3.31. The van der Waals surface area contributed by atoms with Crippen molar-refractivity contribution in [1.29, 1.82) is 0 Å². The number of fused-ring (bicyclic) bond motifs is 1. The first kappa shape index (κ1) is 11.1. The quantitative estimate of drug-likeness (QED) is 0.830. The smallest absolute Gasteiger partial charge is 0.124 e. The van der Waals surface area contributed by atoms with E-state index in [1.807, 2.05) is 12.1 Å². The summed E-state index contributed by atoms with van der Waals surface area (Å²) in [5.41, 5.74) is 9.48. The molecule has 2 atom stereocenters. The fourth-order valence-corrected chi connectivity index (χ4v) is 1.88. The molecule has 1 heterocycles. The van der Waals surface area contributed by atoms with Crippen molar-refractivity contribution in [2.45, 2.75) is 33.2 Å². The number of benzene rings is 1. The van der Waals surface area contributed by atoms with Gasteiger partial charge in [-0.25, -0.2) is 4.98 Å². The van der Waals surface area contributed by atoms with Crippen molar-refractivity contribution < 1.29 is 0 Å². The van der Waals surface area contributed by atoms with Gasteiger partial charge in [0.1, 0.15) is 5.82 Å². The molecule has 0 bridgehead atoms. The second-order valence-corrected chi connectivity index (χ2v) is 4.50. The molecule has 1 aromatic carbocycles. The van der Waals surface area contributed by atoms with Crippen LogP contribution in [0.2, 0.25) is 0 Å². The van der Waals surface area contributed by atoms with Crippen LogP contribution in [-0.4, -0.2) is 9.97 Å². The minimum Gasteiger partial charge on any atom is -0.341 e. The van der Waals surface area contributed by atoms with E-state index in [0.717, 1.165) is 23.3 Å². The summed E-state index contributed by atoms with van der Waals surface area (Å²) in [6.07, 6.45) is 1.07. The van der Waals surface area contributed by atoms with Crippen LogP contribution >= 0.6 is 0 Å². The van der Waals surface area contributed by atoms with Gasteiger partial charge in [-0.15, -0.1) is 0 Å². The van der Waals surface area contributed by atoms with Crippen molar-refractivity contribution in [2.24, 2.45) is 11.7 Å². The molecule has 86 valence electrons. The molecule has 0 aliphatic carbocycles. The number of aryl methyl sites for hydroxylation is 1. The van der Waals surface area contributed by atoms with Crippen LogP contribution in [0.1, 0.15) is 37.7 Å². The van der Waals surface area contributed by atoms with Crippen molar-refractivity contribution in [1.82, 2.24) is 9.97 Å². The molecule has 0 radical (unpaired) electrons.